The summed E-state index contributed by atoms with van der Waals surface area (Å²) < 4.78 is 21.1. The second-order valence-corrected chi connectivity index (χ2v) is 9.83. The number of ether oxygens (including phenoxy) is 1. The summed E-state index contributed by atoms with van der Waals surface area (Å²) in [6, 6.07) is 20.2. The van der Waals surface area contributed by atoms with Gasteiger partial charge >= 0.3 is 0 Å². The Morgan fingerprint density at radius 1 is 1.10 bits per heavy atom. The molecule has 1 saturated heterocycles. The first-order valence-corrected chi connectivity index (χ1v) is 13.3. The van der Waals surface area contributed by atoms with E-state index in [2.05, 4.69) is 15.6 Å². The van der Waals surface area contributed by atoms with Gasteiger partial charge in [0.15, 0.2) is 0 Å². The maximum Gasteiger partial charge on any atom is 0.247 e. The summed E-state index contributed by atoms with van der Waals surface area (Å²) in [5.41, 5.74) is 4.13. The highest BCUT2D eigenvalue weighted by Crippen LogP contribution is 2.24. The number of aryl methyl sites for hydroxylation is 1. The van der Waals surface area contributed by atoms with Crippen molar-refractivity contribution in [3.8, 4) is 0 Å². The van der Waals surface area contributed by atoms with Crippen LogP contribution in [-0.4, -0.2) is 57.5 Å². The number of halogens is 1. The van der Waals surface area contributed by atoms with Crippen molar-refractivity contribution in [2.24, 2.45) is 0 Å². The maximum atomic E-state index is 14.0. The first-order valence-electron chi connectivity index (χ1n) is 13.3. The van der Waals surface area contributed by atoms with Crippen LogP contribution < -0.4 is 5.32 Å². The van der Waals surface area contributed by atoms with Crippen LogP contribution in [0.25, 0.3) is 11.0 Å². The number of amides is 2. The highest BCUT2D eigenvalue weighted by atomic mass is 19.1. The Morgan fingerprint density at radius 2 is 1.87 bits per heavy atom. The van der Waals surface area contributed by atoms with Gasteiger partial charge in [-0.25, -0.2) is 9.07 Å². The second-order valence-electron chi connectivity index (χ2n) is 9.83. The Hall–Kier alpha value is -4.11. The van der Waals surface area contributed by atoms with Crippen molar-refractivity contribution < 1.29 is 18.7 Å². The largest absolute Gasteiger partial charge is 0.376 e. The molecule has 1 N–H and O–H groups in total. The molecule has 9 heteroatoms. The first kappa shape index (κ1) is 26.5. The molecule has 1 aliphatic rings. The van der Waals surface area contributed by atoms with Gasteiger partial charge in [-0.1, -0.05) is 53.7 Å². The molecule has 1 aliphatic heterocycles. The standard InChI is InChI=1S/C30H32FN5O3/c1-21-7-2-3-8-22(21)16-17-35(28(37)20-36-27-11-5-4-10-26(27)33-34-36)29(23-12-14-24(31)15-13-23)30(38)32-19-25-9-6-18-39-25/h2-5,7-8,10-15,25,29H,6,9,16-20H2,1H3,(H,32,38)/t25-,29-/m0/s1. The van der Waals surface area contributed by atoms with Crippen LogP contribution in [0.2, 0.25) is 0 Å². The lowest BCUT2D eigenvalue weighted by molar-refractivity contribution is -0.141. The molecule has 0 radical (unpaired) electrons. The Labute approximate surface area is 226 Å². The first-order chi connectivity index (χ1) is 19.0. The number of carbonyl (C=O) groups excluding carboxylic acids is 2. The van der Waals surface area contributed by atoms with Gasteiger partial charge in [-0.05, 0) is 67.1 Å². The minimum absolute atomic E-state index is 0.0551. The number of para-hydroxylation sites is 1. The zero-order valence-corrected chi connectivity index (χ0v) is 21.9. The fourth-order valence-corrected chi connectivity index (χ4v) is 5.02. The van der Waals surface area contributed by atoms with Crippen molar-refractivity contribution in [3.63, 3.8) is 0 Å². The van der Waals surface area contributed by atoms with E-state index < -0.39 is 11.9 Å². The van der Waals surface area contributed by atoms with Crippen LogP contribution in [0.3, 0.4) is 0 Å². The van der Waals surface area contributed by atoms with Gasteiger partial charge in [-0.2, -0.15) is 0 Å². The van der Waals surface area contributed by atoms with Crippen molar-refractivity contribution in [3.05, 3.63) is 95.3 Å². The molecule has 1 aromatic heterocycles. The number of aromatic nitrogens is 3. The summed E-state index contributed by atoms with van der Waals surface area (Å²) in [6.45, 7) is 3.24. The van der Waals surface area contributed by atoms with E-state index in [0.717, 1.165) is 29.5 Å². The predicted octanol–water partition coefficient (Wildman–Crippen LogP) is 3.99. The minimum Gasteiger partial charge on any atom is -0.376 e. The molecule has 0 spiro atoms. The van der Waals surface area contributed by atoms with Crippen LogP contribution in [-0.2, 0) is 27.3 Å². The molecule has 2 heterocycles. The number of hydrogen-bond donors (Lipinski definition) is 1. The molecule has 5 rings (SSSR count). The maximum absolute atomic E-state index is 14.0. The topological polar surface area (TPSA) is 89.4 Å². The molecular formula is C30H32FN5O3. The van der Waals surface area contributed by atoms with Gasteiger partial charge in [0.25, 0.3) is 0 Å². The summed E-state index contributed by atoms with van der Waals surface area (Å²) in [5.74, 6) is -1.04. The molecule has 0 aliphatic carbocycles. The van der Waals surface area contributed by atoms with Crippen LogP contribution in [0.15, 0.2) is 72.8 Å². The summed E-state index contributed by atoms with van der Waals surface area (Å²) in [7, 11) is 0. The average Bonchev–Trinajstić information content (AvgIpc) is 3.62. The Balaban J connectivity index is 1.47. The average molecular weight is 530 g/mol. The molecule has 3 aromatic carbocycles. The van der Waals surface area contributed by atoms with Crippen molar-refractivity contribution in [1.82, 2.24) is 25.2 Å². The van der Waals surface area contributed by atoms with E-state index in [0.29, 0.717) is 30.7 Å². The summed E-state index contributed by atoms with van der Waals surface area (Å²) >= 11 is 0. The molecule has 0 unspecified atom stereocenters. The zero-order chi connectivity index (χ0) is 27.2. The van der Waals surface area contributed by atoms with Gasteiger partial charge in [0.2, 0.25) is 11.8 Å². The lowest BCUT2D eigenvalue weighted by Gasteiger charge is -2.32. The second kappa shape index (κ2) is 12.2. The smallest absolute Gasteiger partial charge is 0.247 e. The normalized spacial score (nSPS) is 15.8. The molecule has 8 nitrogen and oxygen atoms in total. The number of fused-ring (bicyclic) bond motifs is 1. The summed E-state index contributed by atoms with van der Waals surface area (Å²) in [4.78, 5) is 29.3. The highest BCUT2D eigenvalue weighted by molar-refractivity contribution is 5.89. The molecule has 202 valence electrons. The van der Waals surface area contributed by atoms with Gasteiger partial charge in [0.1, 0.15) is 23.9 Å². The van der Waals surface area contributed by atoms with Gasteiger partial charge in [0.05, 0.1) is 11.6 Å². The Morgan fingerprint density at radius 3 is 2.64 bits per heavy atom. The number of benzene rings is 3. The molecular weight excluding hydrogens is 497 g/mol. The Bertz CT molecular complexity index is 1430. The molecule has 1 fully saturated rings. The summed E-state index contributed by atoms with van der Waals surface area (Å²) in [5, 5.41) is 11.3. The van der Waals surface area contributed by atoms with Crippen molar-refractivity contribution in [1.29, 1.82) is 0 Å². The van der Waals surface area contributed by atoms with E-state index in [4.69, 9.17) is 4.74 Å². The van der Waals surface area contributed by atoms with E-state index >= 15 is 0 Å². The van der Waals surface area contributed by atoms with Crippen LogP contribution in [0.1, 0.15) is 35.6 Å². The van der Waals surface area contributed by atoms with Gasteiger partial charge in [-0.3, -0.25) is 9.59 Å². The van der Waals surface area contributed by atoms with Crippen molar-refractivity contribution >= 4 is 22.8 Å². The van der Waals surface area contributed by atoms with Crippen molar-refractivity contribution in [2.75, 3.05) is 19.7 Å². The monoisotopic (exact) mass is 529 g/mol. The third-order valence-electron chi connectivity index (χ3n) is 7.18. The van der Waals surface area contributed by atoms with Crippen LogP contribution in [0.5, 0.6) is 0 Å². The van der Waals surface area contributed by atoms with E-state index in [1.54, 1.807) is 21.7 Å². The third kappa shape index (κ3) is 6.31. The fraction of sp³-hybridized carbons (Fsp3) is 0.333. The number of hydrogen-bond acceptors (Lipinski definition) is 5. The number of nitrogens with one attached hydrogen (secondary N) is 1. The quantitative estimate of drug-likeness (QED) is 0.336. The molecule has 2 amide bonds. The fourth-order valence-electron chi connectivity index (χ4n) is 5.02. The molecule has 2 atom stereocenters. The SMILES string of the molecule is Cc1ccccc1CCN(C(=O)Cn1nnc2ccccc21)[C@H](C(=O)NC[C@@H]1CCCO1)c1ccc(F)cc1. The molecule has 39 heavy (non-hydrogen) atoms. The lowest BCUT2D eigenvalue weighted by Crippen LogP contribution is -2.47. The number of nitrogens with zero attached hydrogens (tertiary/aromatic N) is 4. The van der Waals surface area contributed by atoms with E-state index in [1.807, 2.05) is 55.5 Å². The summed E-state index contributed by atoms with van der Waals surface area (Å²) in [6.07, 6.45) is 2.32. The number of rotatable bonds is 10. The van der Waals surface area contributed by atoms with Crippen molar-refractivity contribution in [2.45, 2.75) is 44.9 Å². The van der Waals surface area contributed by atoms with E-state index in [-0.39, 0.29) is 31.0 Å². The molecule has 4 aromatic rings. The third-order valence-corrected chi connectivity index (χ3v) is 7.18. The van der Waals surface area contributed by atoms with Gasteiger partial charge in [0, 0.05) is 19.7 Å². The van der Waals surface area contributed by atoms with E-state index in [1.165, 1.54) is 12.1 Å². The van der Waals surface area contributed by atoms with Gasteiger partial charge in [-0.15, -0.1) is 5.10 Å². The zero-order valence-electron chi connectivity index (χ0n) is 21.9. The van der Waals surface area contributed by atoms with Crippen LogP contribution in [0, 0.1) is 12.7 Å². The molecule has 0 bridgehead atoms. The van der Waals surface area contributed by atoms with Crippen LogP contribution in [0.4, 0.5) is 4.39 Å². The lowest BCUT2D eigenvalue weighted by atomic mass is 10.0. The highest BCUT2D eigenvalue weighted by Gasteiger charge is 2.32. The van der Waals surface area contributed by atoms with Gasteiger partial charge < -0.3 is 15.0 Å². The minimum atomic E-state index is -0.960. The Kier molecular flexibility index (Phi) is 8.27. The molecule has 0 saturated carbocycles. The van der Waals surface area contributed by atoms with Crippen LogP contribution >= 0.6 is 0 Å². The number of carbonyl (C=O) groups is 2. The van der Waals surface area contributed by atoms with E-state index in [9.17, 15) is 14.0 Å². The predicted molar refractivity (Wildman–Crippen MR) is 145 cm³/mol.